The van der Waals surface area contributed by atoms with Crippen LogP contribution in [-0.4, -0.2) is 23.4 Å². The van der Waals surface area contributed by atoms with Crippen LogP contribution in [0.5, 0.6) is 0 Å². The topological polar surface area (TPSA) is 40.5 Å². The number of aliphatic hydroxyl groups excluding tert-OH is 2. The number of halogens is 2. The highest BCUT2D eigenvalue weighted by atomic mass is 35.5. The van der Waals surface area contributed by atoms with Crippen molar-refractivity contribution in [2.24, 2.45) is 5.41 Å². The summed E-state index contributed by atoms with van der Waals surface area (Å²) in [6.07, 6.45) is 2.23. The molecule has 0 spiro atoms. The Morgan fingerprint density at radius 2 is 1.82 bits per heavy atom. The molecule has 1 rings (SSSR count). The van der Waals surface area contributed by atoms with Crippen LogP contribution in [0, 0.1) is 5.41 Å². The Morgan fingerprint density at radius 3 is 2.29 bits per heavy atom. The maximum Gasteiger partial charge on any atom is 0.0512 e. The van der Waals surface area contributed by atoms with Gasteiger partial charge in [0, 0.05) is 15.5 Å². The van der Waals surface area contributed by atoms with Crippen LogP contribution in [0.2, 0.25) is 10.0 Å². The van der Waals surface area contributed by atoms with Crippen molar-refractivity contribution >= 4 is 23.2 Å². The molecule has 2 N–H and O–H groups in total. The molecule has 0 aromatic heterocycles. The number of aliphatic hydroxyl groups is 2. The van der Waals surface area contributed by atoms with Gasteiger partial charge < -0.3 is 10.2 Å². The smallest absolute Gasteiger partial charge is 0.0512 e. The summed E-state index contributed by atoms with van der Waals surface area (Å²) in [5.41, 5.74) is 0.416. The van der Waals surface area contributed by atoms with Crippen LogP contribution in [0.15, 0.2) is 18.2 Å². The molecule has 0 fully saturated rings. The summed E-state index contributed by atoms with van der Waals surface area (Å²) in [7, 11) is 0. The molecular formula is C13H18Cl2O2. The zero-order valence-electron chi connectivity index (χ0n) is 9.92. The van der Waals surface area contributed by atoms with Gasteiger partial charge >= 0.3 is 0 Å². The molecule has 96 valence electrons. The second-order valence-corrected chi connectivity index (χ2v) is 5.32. The summed E-state index contributed by atoms with van der Waals surface area (Å²) in [6.45, 7) is 1.94. The Bertz CT molecular complexity index is 362. The SMILES string of the molecule is CCCC(CO)(CO)Cc1ccc(Cl)cc1Cl. The summed E-state index contributed by atoms with van der Waals surface area (Å²) in [5, 5.41) is 20.1. The van der Waals surface area contributed by atoms with Crippen LogP contribution in [0.4, 0.5) is 0 Å². The molecule has 0 atom stereocenters. The average molecular weight is 277 g/mol. The van der Waals surface area contributed by atoms with Gasteiger partial charge in [-0.1, -0.05) is 42.6 Å². The average Bonchev–Trinajstić information content (AvgIpc) is 2.32. The van der Waals surface area contributed by atoms with E-state index in [9.17, 15) is 10.2 Å². The Morgan fingerprint density at radius 1 is 1.18 bits per heavy atom. The van der Waals surface area contributed by atoms with Gasteiger partial charge in [0.2, 0.25) is 0 Å². The number of hydrogen-bond donors (Lipinski definition) is 2. The minimum atomic E-state index is -0.494. The number of rotatable bonds is 6. The van der Waals surface area contributed by atoms with Crippen LogP contribution < -0.4 is 0 Å². The molecule has 0 unspecified atom stereocenters. The van der Waals surface area contributed by atoms with E-state index >= 15 is 0 Å². The number of hydrogen-bond acceptors (Lipinski definition) is 2. The van der Waals surface area contributed by atoms with E-state index in [0.717, 1.165) is 18.4 Å². The Balaban J connectivity index is 2.92. The molecule has 17 heavy (non-hydrogen) atoms. The largest absolute Gasteiger partial charge is 0.396 e. The normalized spacial score (nSPS) is 11.8. The van der Waals surface area contributed by atoms with Crippen LogP contribution in [0.3, 0.4) is 0 Å². The molecule has 1 aromatic carbocycles. The highest BCUT2D eigenvalue weighted by Crippen LogP contribution is 2.31. The third-order valence-corrected chi connectivity index (χ3v) is 3.62. The van der Waals surface area contributed by atoms with E-state index in [4.69, 9.17) is 23.2 Å². The highest BCUT2D eigenvalue weighted by Gasteiger charge is 2.28. The molecule has 0 saturated carbocycles. The monoisotopic (exact) mass is 276 g/mol. The fourth-order valence-corrected chi connectivity index (χ4v) is 2.48. The zero-order chi connectivity index (χ0) is 12.9. The lowest BCUT2D eigenvalue weighted by atomic mass is 9.79. The fraction of sp³-hybridized carbons (Fsp3) is 0.538. The maximum absolute atomic E-state index is 9.49. The first-order chi connectivity index (χ1) is 8.06. The second-order valence-electron chi connectivity index (χ2n) is 4.48. The molecule has 0 radical (unpaired) electrons. The van der Waals surface area contributed by atoms with E-state index in [1.807, 2.05) is 13.0 Å². The van der Waals surface area contributed by atoms with E-state index in [-0.39, 0.29) is 13.2 Å². The quantitative estimate of drug-likeness (QED) is 0.837. The van der Waals surface area contributed by atoms with Gasteiger partial charge in [-0.2, -0.15) is 0 Å². The van der Waals surface area contributed by atoms with Gasteiger partial charge in [-0.05, 0) is 30.5 Å². The third-order valence-electron chi connectivity index (χ3n) is 3.03. The minimum Gasteiger partial charge on any atom is -0.396 e. The van der Waals surface area contributed by atoms with Crippen LogP contribution in [0.1, 0.15) is 25.3 Å². The van der Waals surface area contributed by atoms with Gasteiger partial charge in [-0.25, -0.2) is 0 Å². The van der Waals surface area contributed by atoms with Crippen molar-refractivity contribution < 1.29 is 10.2 Å². The van der Waals surface area contributed by atoms with Crippen molar-refractivity contribution in [3.8, 4) is 0 Å². The summed E-state index contributed by atoms with van der Waals surface area (Å²) in [6, 6.07) is 5.30. The van der Waals surface area contributed by atoms with Gasteiger partial charge in [0.25, 0.3) is 0 Å². The lowest BCUT2D eigenvalue weighted by Gasteiger charge is -2.30. The van der Waals surface area contributed by atoms with Crippen molar-refractivity contribution in [1.29, 1.82) is 0 Å². The predicted octanol–water partition coefficient (Wildman–Crippen LogP) is 3.31. The molecular weight excluding hydrogens is 259 g/mol. The van der Waals surface area contributed by atoms with Gasteiger partial charge in [0.15, 0.2) is 0 Å². The molecule has 1 aromatic rings. The number of benzene rings is 1. The van der Waals surface area contributed by atoms with Gasteiger partial charge in [0.1, 0.15) is 0 Å². The molecule has 2 nitrogen and oxygen atoms in total. The Hall–Kier alpha value is -0.280. The Kier molecular flexibility index (Phi) is 5.74. The van der Waals surface area contributed by atoms with Gasteiger partial charge in [-0.3, -0.25) is 0 Å². The van der Waals surface area contributed by atoms with Crippen molar-refractivity contribution in [2.75, 3.05) is 13.2 Å². The minimum absolute atomic E-state index is 0.0453. The van der Waals surface area contributed by atoms with Crippen molar-refractivity contribution in [2.45, 2.75) is 26.2 Å². The fourth-order valence-electron chi connectivity index (χ4n) is 2.01. The van der Waals surface area contributed by atoms with E-state index in [0.29, 0.717) is 16.5 Å². The first kappa shape index (κ1) is 14.8. The lowest BCUT2D eigenvalue weighted by molar-refractivity contribution is 0.0466. The van der Waals surface area contributed by atoms with Gasteiger partial charge in [-0.15, -0.1) is 0 Å². The van der Waals surface area contributed by atoms with E-state index in [2.05, 4.69) is 0 Å². The molecule has 0 aliphatic carbocycles. The molecule has 0 aliphatic heterocycles. The maximum atomic E-state index is 9.49. The van der Waals surface area contributed by atoms with E-state index < -0.39 is 5.41 Å². The van der Waals surface area contributed by atoms with Crippen LogP contribution >= 0.6 is 23.2 Å². The second kappa shape index (κ2) is 6.60. The van der Waals surface area contributed by atoms with Gasteiger partial charge in [0.05, 0.1) is 13.2 Å². The van der Waals surface area contributed by atoms with Crippen LogP contribution in [-0.2, 0) is 6.42 Å². The summed E-state index contributed by atoms with van der Waals surface area (Å²) in [5.74, 6) is 0. The standard InChI is InChI=1S/C13H18Cl2O2/c1-2-5-13(8-16,9-17)7-10-3-4-11(14)6-12(10)15/h3-4,6,16-17H,2,5,7-9H2,1H3. The molecule has 0 heterocycles. The first-order valence-electron chi connectivity index (χ1n) is 5.72. The van der Waals surface area contributed by atoms with E-state index in [1.165, 1.54) is 0 Å². The van der Waals surface area contributed by atoms with Crippen molar-refractivity contribution in [1.82, 2.24) is 0 Å². The Labute approximate surface area is 112 Å². The lowest BCUT2D eigenvalue weighted by Crippen LogP contribution is -2.32. The van der Waals surface area contributed by atoms with E-state index in [1.54, 1.807) is 12.1 Å². The molecule has 4 heteroatoms. The summed E-state index contributed by atoms with van der Waals surface area (Å²) in [4.78, 5) is 0. The van der Waals surface area contributed by atoms with Crippen molar-refractivity contribution in [3.63, 3.8) is 0 Å². The summed E-state index contributed by atoms with van der Waals surface area (Å²) >= 11 is 11.9. The third kappa shape index (κ3) is 3.85. The predicted molar refractivity (Wildman–Crippen MR) is 71.7 cm³/mol. The molecule has 0 saturated heterocycles. The van der Waals surface area contributed by atoms with Crippen LogP contribution in [0.25, 0.3) is 0 Å². The summed E-state index contributed by atoms with van der Waals surface area (Å²) < 4.78 is 0. The molecule has 0 amide bonds. The highest BCUT2D eigenvalue weighted by molar-refractivity contribution is 6.35. The molecule has 0 aliphatic rings. The van der Waals surface area contributed by atoms with Crippen molar-refractivity contribution in [3.05, 3.63) is 33.8 Å². The zero-order valence-corrected chi connectivity index (χ0v) is 11.4. The molecule has 0 bridgehead atoms. The first-order valence-corrected chi connectivity index (χ1v) is 6.48.